The van der Waals surface area contributed by atoms with Gasteiger partial charge in [-0.1, -0.05) is 36.0 Å². The summed E-state index contributed by atoms with van der Waals surface area (Å²) in [6.07, 6.45) is 1.65. The van der Waals surface area contributed by atoms with Crippen molar-refractivity contribution in [3.63, 3.8) is 0 Å². The zero-order valence-electron chi connectivity index (χ0n) is 11.2. The third-order valence-electron chi connectivity index (χ3n) is 2.88. The third kappa shape index (κ3) is 3.62. The molecule has 4 nitrogen and oxygen atoms in total. The fraction of sp³-hybridized carbons (Fsp3) is 0.0667. The van der Waals surface area contributed by atoms with E-state index in [2.05, 4.69) is 20.1 Å². The van der Waals surface area contributed by atoms with Gasteiger partial charge in [0.05, 0.1) is 6.20 Å². The van der Waals surface area contributed by atoms with E-state index >= 15 is 0 Å². The molecule has 0 spiro atoms. The average Bonchev–Trinajstić information content (AvgIpc) is 3.01. The summed E-state index contributed by atoms with van der Waals surface area (Å²) in [6, 6.07) is 14.4. The van der Waals surface area contributed by atoms with Crippen molar-refractivity contribution in [1.29, 1.82) is 0 Å². The van der Waals surface area contributed by atoms with Gasteiger partial charge < -0.3 is 4.74 Å². The molecule has 0 saturated carbocycles. The molecule has 1 heterocycles. The maximum Gasteiger partial charge on any atom is 0.387 e. The second-order valence-electron chi connectivity index (χ2n) is 4.34. The number of benzene rings is 2. The van der Waals surface area contributed by atoms with Crippen LogP contribution in [0.3, 0.4) is 0 Å². The first-order chi connectivity index (χ1) is 10.7. The summed E-state index contributed by atoms with van der Waals surface area (Å²) in [4.78, 5) is 1.04. The standard InChI is InChI=1S/C15H11F2N3OS/c16-15(17)21-12-5-1-10(2-6-12)11-3-7-13(8-4-11)22-14-9-18-20-19-14/h1-9,15H,(H,18,19,20). The molecule has 0 amide bonds. The van der Waals surface area contributed by atoms with E-state index in [0.717, 1.165) is 21.0 Å². The van der Waals surface area contributed by atoms with Gasteiger partial charge in [-0.15, -0.1) is 5.10 Å². The van der Waals surface area contributed by atoms with Gasteiger partial charge in [0, 0.05) is 4.90 Å². The molecule has 22 heavy (non-hydrogen) atoms. The van der Waals surface area contributed by atoms with E-state index in [9.17, 15) is 8.78 Å². The van der Waals surface area contributed by atoms with Gasteiger partial charge in [-0.3, -0.25) is 0 Å². The van der Waals surface area contributed by atoms with Crippen LogP contribution in [0.1, 0.15) is 0 Å². The Balaban J connectivity index is 1.72. The Morgan fingerprint density at radius 1 is 0.955 bits per heavy atom. The molecule has 0 unspecified atom stereocenters. The van der Waals surface area contributed by atoms with E-state index in [1.54, 1.807) is 18.3 Å². The Hall–Kier alpha value is -2.41. The maximum atomic E-state index is 12.1. The summed E-state index contributed by atoms with van der Waals surface area (Å²) >= 11 is 1.50. The van der Waals surface area contributed by atoms with Crippen molar-refractivity contribution in [2.45, 2.75) is 16.5 Å². The number of hydrogen-bond acceptors (Lipinski definition) is 4. The molecule has 0 saturated heterocycles. The van der Waals surface area contributed by atoms with Crippen molar-refractivity contribution in [3.8, 4) is 16.9 Å². The van der Waals surface area contributed by atoms with E-state index in [4.69, 9.17) is 0 Å². The van der Waals surface area contributed by atoms with Gasteiger partial charge in [0.15, 0.2) is 0 Å². The number of aromatic amines is 1. The highest BCUT2D eigenvalue weighted by Gasteiger charge is 2.05. The minimum Gasteiger partial charge on any atom is -0.435 e. The molecule has 0 radical (unpaired) electrons. The highest BCUT2D eigenvalue weighted by Crippen LogP contribution is 2.28. The zero-order chi connectivity index (χ0) is 15.4. The molecule has 112 valence electrons. The van der Waals surface area contributed by atoms with Crippen molar-refractivity contribution in [3.05, 3.63) is 54.7 Å². The number of H-pyrrole nitrogens is 1. The van der Waals surface area contributed by atoms with Crippen LogP contribution in [0.5, 0.6) is 5.75 Å². The first kappa shape index (κ1) is 14.5. The molecule has 1 N–H and O–H groups in total. The first-order valence-electron chi connectivity index (χ1n) is 6.39. The maximum absolute atomic E-state index is 12.1. The molecule has 1 aromatic heterocycles. The largest absolute Gasteiger partial charge is 0.435 e. The highest BCUT2D eigenvalue weighted by molar-refractivity contribution is 7.99. The lowest BCUT2D eigenvalue weighted by molar-refractivity contribution is -0.0498. The minimum absolute atomic E-state index is 0.150. The Kier molecular flexibility index (Phi) is 4.34. The van der Waals surface area contributed by atoms with E-state index in [1.807, 2.05) is 24.3 Å². The van der Waals surface area contributed by atoms with Gasteiger partial charge in [-0.05, 0) is 35.4 Å². The Morgan fingerprint density at radius 2 is 1.59 bits per heavy atom. The summed E-state index contributed by atoms with van der Waals surface area (Å²) in [5.74, 6) is 0.150. The molecule has 3 rings (SSSR count). The van der Waals surface area contributed by atoms with E-state index in [0.29, 0.717) is 0 Å². The van der Waals surface area contributed by atoms with Crippen molar-refractivity contribution in [1.82, 2.24) is 15.4 Å². The normalized spacial score (nSPS) is 10.9. The van der Waals surface area contributed by atoms with Crippen LogP contribution in [0.2, 0.25) is 0 Å². The Bertz CT molecular complexity index is 716. The summed E-state index contributed by atoms with van der Waals surface area (Å²) in [6.45, 7) is -2.81. The predicted octanol–water partition coefficient (Wildman–Crippen LogP) is 4.22. The van der Waals surface area contributed by atoms with Crippen LogP contribution in [-0.4, -0.2) is 22.0 Å². The minimum atomic E-state index is -2.81. The molecular formula is C15H11F2N3OS. The van der Waals surface area contributed by atoms with Crippen LogP contribution < -0.4 is 4.74 Å². The number of aromatic nitrogens is 3. The number of rotatable bonds is 5. The molecule has 0 bridgehead atoms. The third-order valence-corrected chi connectivity index (χ3v) is 3.80. The molecular weight excluding hydrogens is 308 g/mol. The summed E-state index contributed by atoms with van der Waals surface area (Å²) in [5, 5.41) is 11.1. The first-order valence-corrected chi connectivity index (χ1v) is 7.21. The molecule has 0 atom stereocenters. The van der Waals surface area contributed by atoms with Gasteiger partial charge >= 0.3 is 6.61 Å². The number of alkyl halides is 2. The van der Waals surface area contributed by atoms with Crippen molar-refractivity contribution in [2.75, 3.05) is 0 Å². The van der Waals surface area contributed by atoms with Crippen LogP contribution in [0.15, 0.2) is 64.6 Å². The van der Waals surface area contributed by atoms with Crippen molar-refractivity contribution in [2.24, 2.45) is 0 Å². The highest BCUT2D eigenvalue weighted by atomic mass is 32.2. The lowest BCUT2D eigenvalue weighted by Crippen LogP contribution is -2.01. The monoisotopic (exact) mass is 319 g/mol. The topological polar surface area (TPSA) is 50.8 Å². The lowest BCUT2D eigenvalue weighted by Gasteiger charge is -2.06. The number of halogens is 2. The molecule has 0 aliphatic rings. The van der Waals surface area contributed by atoms with Crippen LogP contribution in [0, 0.1) is 0 Å². The van der Waals surface area contributed by atoms with Gasteiger partial charge in [-0.2, -0.15) is 19.1 Å². The number of nitrogens with one attached hydrogen (secondary N) is 1. The smallest absolute Gasteiger partial charge is 0.387 e. The fourth-order valence-corrected chi connectivity index (χ4v) is 2.61. The van der Waals surface area contributed by atoms with E-state index in [1.165, 1.54) is 23.9 Å². The van der Waals surface area contributed by atoms with Crippen molar-refractivity contribution >= 4 is 11.8 Å². The zero-order valence-corrected chi connectivity index (χ0v) is 12.1. The SMILES string of the molecule is FC(F)Oc1ccc(-c2ccc(Sc3cn[nH]n3)cc2)cc1. The fourth-order valence-electron chi connectivity index (χ4n) is 1.91. The average molecular weight is 319 g/mol. The van der Waals surface area contributed by atoms with Crippen LogP contribution in [0.4, 0.5) is 8.78 Å². The van der Waals surface area contributed by atoms with Crippen LogP contribution in [-0.2, 0) is 0 Å². The van der Waals surface area contributed by atoms with Gasteiger partial charge in [0.2, 0.25) is 0 Å². The number of hydrogen-bond donors (Lipinski definition) is 1. The van der Waals surface area contributed by atoms with Gasteiger partial charge in [-0.25, -0.2) is 0 Å². The van der Waals surface area contributed by atoms with Crippen molar-refractivity contribution < 1.29 is 13.5 Å². The molecule has 3 aromatic rings. The Morgan fingerprint density at radius 3 is 2.14 bits per heavy atom. The molecule has 0 aliphatic heterocycles. The van der Waals surface area contributed by atoms with Gasteiger partial charge in [0.1, 0.15) is 10.8 Å². The van der Waals surface area contributed by atoms with Crippen LogP contribution >= 0.6 is 11.8 Å². The molecule has 7 heteroatoms. The van der Waals surface area contributed by atoms with Crippen LogP contribution in [0.25, 0.3) is 11.1 Å². The Labute approximate surface area is 129 Å². The molecule has 0 fully saturated rings. The summed E-state index contributed by atoms with van der Waals surface area (Å²) in [5.41, 5.74) is 1.92. The summed E-state index contributed by atoms with van der Waals surface area (Å²) in [7, 11) is 0. The summed E-state index contributed by atoms with van der Waals surface area (Å²) < 4.78 is 28.5. The second-order valence-corrected chi connectivity index (χ2v) is 5.43. The molecule has 2 aromatic carbocycles. The van der Waals surface area contributed by atoms with E-state index in [-0.39, 0.29) is 5.75 Å². The second kappa shape index (κ2) is 6.57. The van der Waals surface area contributed by atoms with Gasteiger partial charge in [0.25, 0.3) is 0 Å². The quantitative estimate of drug-likeness (QED) is 0.765. The molecule has 0 aliphatic carbocycles. The lowest BCUT2D eigenvalue weighted by atomic mass is 10.1. The number of nitrogens with zero attached hydrogens (tertiary/aromatic N) is 2. The number of ether oxygens (including phenoxy) is 1. The van der Waals surface area contributed by atoms with E-state index < -0.39 is 6.61 Å². The predicted molar refractivity (Wildman–Crippen MR) is 79.0 cm³/mol.